The number of carbonyl (C=O) groups is 1. The van der Waals surface area contributed by atoms with Crippen molar-refractivity contribution in [3.8, 4) is 0 Å². The summed E-state index contributed by atoms with van der Waals surface area (Å²) < 4.78 is 56.3. The molecule has 0 unspecified atom stereocenters. The number of aryl methyl sites for hydroxylation is 1. The van der Waals surface area contributed by atoms with Crippen LogP contribution in [-0.4, -0.2) is 58.4 Å². The second-order valence-electron chi connectivity index (χ2n) is 7.43. The summed E-state index contributed by atoms with van der Waals surface area (Å²) in [5.74, 6) is -1.08. The molecule has 0 spiro atoms. The maximum atomic E-state index is 14.1. The number of hydrogen-bond donors (Lipinski definition) is 1. The average molecular weight is 427 g/mol. The van der Waals surface area contributed by atoms with Crippen molar-refractivity contribution < 1.29 is 22.0 Å². The summed E-state index contributed by atoms with van der Waals surface area (Å²) in [5, 5.41) is 10.3. The van der Waals surface area contributed by atoms with Gasteiger partial charge in [0, 0.05) is 18.6 Å². The molecule has 1 aliphatic heterocycles. The number of nitrogens with zero attached hydrogens (tertiary/aromatic N) is 4. The molecule has 1 fully saturated rings. The van der Waals surface area contributed by atoms with Crippen molar-refractivity contribution in [2.24, 2.45) is 0 Å². The van der Waals surface area contributed by atoms with Gasteiger partial charge in [-0.05, 0) is 44.9 Å². The molecule has 2 heterocycles. The van der Waals surface area contributed by atoms with Crippen LogP contribution in [0.3, 0.4) is 0 Å². The Bertz CT molecular complexity index is 1010. The van der Waals surface area contributed by atoms with E-state index in [-0.39, 0.29) is 36.1 Å². The predicted octanol–water partition coefficient (Wildman–Crippen LogP) is 1.67. The Hall–Kier alpha value is -2.40. The van der Waals surface area contributed by atoms with Gasteiger partial charge in [-0.25, -0.2) is 17.2 Å². The Morgan fingerprint density at radius 3 is 2.79 bits per heavy atom. The van der Waals surface area contributed by atoms with Gasteiger partial charge in [-0.2, -0.15) is 4.31 Å². The quantitative estimate of drug-likeness (QED) is 0.756. The second-order valence-corrected chi connectivity index (χ2v) is 9.28. The molecular weight excluding hydrogens is 404 g/mol. The molecule has 0 aliphatic carbocycles. The summed E-state index contributed by atoms with van der Waals surface area (Å²) in [6.45, 7) is 4.87. The van der Waals surface area contributed by atoms with Gasteiger partial charge < -0.3 is 5.32 Å². The van der Waals surface area contributed by atoms with Gasteiger partial charge in [0.25, 0.3) is 5.91 Å². The van der Waals surface area contributed by atoms with Crippen molar-refractivity contribution in [3.05, 3.63) is 41.5 Å². The van der Waals surface area contributed by atoms with Crippen LogP contribution in [0, 0.1) is 12.7 Å². The molecule has 0 bridgehead atoms. The van der Waals surface area contributed by atoms with Crippen LogP contribution in [0.15, 0.2) is 29.3 Å². The van der Waals surface area contributed by atoms with E-state index in [1.165, 1.54) is 23.0 Å². The fourth-order valence-corrected chi connectivity index (χ4v) is 5.21. The lowest BCUT2D eigenvalue weighted by Gasteiger charge is -2.24. The Morgan fingerprint density at radius 2 is 2.10 bits per heavy atom. The van der Waals surface area contributed by atoms with Crippen molar-refractivity contribution in [2.75, 3.05) is 6.54 Å². The minimum absolute atomic E-state index is 0.0238. The van der Waals surface area contributed by atoms with Crippen LogP contribution in [-0.2, 0) is 16.6 Å². The lowest BCUT2D eigenvalue weighted by Crippen LogP contribution is -2.38. The molecule has 2 atom stereocenters. The topological polar surface area (TPSA) is 97.2 Å². The van der Waals surface area contributed by atoms with Crippen LogP contribution in [0.4, 0.5) is 8.78 Å². The monoisotopic (exact) mass is 427 g/mol. The SMILES string of the molecule is Cc1ccc(F)cc1S(=O)(=O)N1C[C@@H](F)C[C@H]1Cn1cc(C(=O)NC(C)C)nn1. The second kappa shape index (κ2) is 8.15. The molecule has 29 heavy (non-hydrogen) atoms. The predicted molar refractivity (Wildman–Crippen MR) is 101 cm³/mol. The molecule has 0 saturated carbocycles. The molecule has 3 rings (SSSR count). The number of carbonyl (C=O) groups excluding carboxylic acids is 1. The van der Waals surface area contributed by atoms with Gasteiger partial charge in [0.1, 0.15) is 12.0 Å². The van der Waals surface area contributed by atoms with Gasteiger partial charge >= 0.3 is 0 Å². The fraction of sp³-hybridized carbons (Fsp3) is 0.500. The molecule has 1 aromatic heterocycles. The smallest absolute Gasteiger partial charge is 0.273 e. The summed E-state index contributed by atoms with van der Waals surface area (Å²) >= 11 is 0. The highest BCUT2D eigenvalue weighted by molar-refractivity contribution is 7.89. The van der Waals surface area contributed by atoms with Crippen molar-refractivity contribution in [3.63, 3.8) is 0 Å². The molecule has 1 amide bonds. The van der Waals surface area contributed by atoms with E-state index < -0.39 is 34.0 Å². The number of sulfonamides is 1. The van der Waals surface area contributed by atoms with Gasteiger partial charge in [0.2, 0.25) is 10.0 Å². The van der Waals surface area contributed by atoms with Gasteiger partial charge in [-0.15, -0.1) is 5.10 Å². The first-order valence-electron chi connectivity index (χ1n) is 9.21. The third-order valence-corrected chi connectivity index (χ3v) is 6.70. The van der Waals surface area contributed by atoms with E-state index in [9.17, 15) is 22.0 Å². The first-order chi connectivity index (χ1) is 13.6. The molecule has 1 saturated heterocycles. The number of halogens is 2. The largest absolute Gasteiger partial charge is 0.348 e. The van der Waals surface area contributed by atoms with Gasteiger partial charge in [0.15, 0.2) is 5.69 Å². The minimum atomic E-state index is -4.11. The molecule has 11 heteroatoms. The number of benzene rings is 1. The van der Waals surface area contributed by atoms with Gasteiger partial charge in [-0.1, -0.05) is 11.3 Å². The highest BCUT2D eigenvalue weighted by Crippen LogP contribution is 2.30. The molecular formula is C18H23F2N5O3S. The number of amides is 1. The molecule has 2 aromatic rings. The fourth-order valence-electron chi connectivity index (χ4n) is 3.31. The lowest BCUT2D eigenvalue weighted by molar-refractivity contribution is 0.0938. The molecule has 0 radical (unpaired) electrons. The normalized spacial score (nSPS) is 20.3. The van der Waals surface area contributed by atoms with Crippen LogP contribution >= 0.6 is 0 Å². The zero-order chi connectivity index (χ0) is 21.3. The highest BCUT2D eigenvalue weighted by Gasteiger charge is 2.41. The summed E-state index contributed by atoms with van der Waals surface area (Å²) in [7, 11) is -4.11. The van der Waals surface area contributed by atoms with E-state index in [1.54, 1.807) is 20.8 Å². The van der Waals surface area contributed by atoms with Crippen molar-refractivity contribution in [2.45, 2.75) is 56.9 Å². The Labute approximate surface area is 167 Å². The van der Waals surface area contributed by atoms with E-state index in [4.69, 9.17) is 0 Å². The third-order valence-electron chi connectivity index (χ3n) is 4.64. The average Bonchev–Trinajstić information content (AvgIpc) is 3.23. The number of alkyl halides is 1. The standard InChI is InChI=1S/C18H23F2N5O3S/c1-11(2)21-18(26)16-10-24(23-22-16)9-15-6-14(20)8-25(15)29(27,28)17-7-13(19)5-4-12(17)3/h4-5,7,10-11,14-15H,6,8-9H2,1-3H3,(H,21,26)/t14-,15-/m0/s1. The first-order valence-corrected chi connectivity index (χ1v) is 10.6. The van der Waals surface area contributed by atoms with E-state index in [2.05, 4.69) is 15.6 Å². The molecule has 158 valence electrons. The summed E-state index contributed by atoms with van der Waals surface area (Å²) in [6, 6.07) is 2.67. The minimum Gasteiger partial charge on any atom is -0.348 e. The molecule has 1 N–H and O–H groups in total. The van der Waals surface area contributed by atoms with Crippen LogP contribution in [0.5, 0.6) is 0 Å². The Kier molecular flexibility index (Phi) is 5.99. The van der Waals surface area contributed by atoms with E-state index >= 15 is 0 Å². The van der Waals surface area contributed by atoms with Crippen molar-refractivity contribution in [1.29, 1.82) is 0 Å². The molecule has 1 aromatic carbocycles. The summed E-state index contributed by atoms with van der Waals surface area (Å²) in [5.41, 5.74) is 0.463. The highest BCUT2D eigenvalue weighted by atomic mass is 32.2. The van der Waals surface area contributed by atoms with Crippen LogP contribution in [0.2, 0.25) is 0 Å². The molecule has 1 aliphatic rings. The van der Waals surface area contributed by atoms with Crippen molar-refractivity contribution >= 4 is 15.9 Å². The number of nitrogens with one attached hydrogen (secondary N) is 1. The zero-order valence-corrected chi connectivity index (χ0v) is 17.2. The number of aromatic nitrogens is 3. The van der Waals surface area contributed by atoms with Crippen molar-refractivity contribution in [1.82, 2.24) is 24.6 Å². The Morgan fingerprint density at radius 1 is 1.38 bits per heavy atom. The van der Waals surface area contributed by atoms with E-state index in [1.807, 2.05) is 0 Å². The summed E-state index contributed by atoms with van der Waals surface area (Å²) in [6.07, 6.45) is 0.0125. The Balaban J connectivity index is 1.83. The number of hydrogen-bond acceptors (Lipinski definition) is 5. The van der Waals surface area contributed by atoms with Crippen LogP contribution < -0.4 is 5.32 Å². The van der Waals surface area contributed by atoms with E-state index in [0.29, 0.717) is 5.56 Å². The number of rotatable bonds is 6. The van der Waals surface area contributed by atoms with Gasteiger partial charge in [-0.3, -0.25) is 9.48 Å². The third kappa shape index (κ3) is 4.61. The van der Waals surface area contributed by atoms with E-state index in [0.717, 1.165) is 10.4 Å². The zero-order valence-electron chi connectivity index (χ0n) is 16.3. The van der Waals surface area contributed by atoms with Crippen LogP contribution in [0.1, 0.15) is 36.3 Å². The lowest BCUT2D eigenvalue weighted by atomic mass is 10.2. The maximum absolute atomic E-state index is 14.1. The van der Waals surface area contributed by atoms with Gasteiger partial charge in [0.05, 0.1) is 17.6 Å². The summed E-state index contributed by atoms with van der Waals surface area (Å²) in [4.78, 5) is 11.8. The molecule has 8 nitrogen and oxygen atoms in total. The maximum Gasteiger partial charge on any atom is 0.273 e. The van der Waals surface area contributed by atoms with Crippen LogP contribution in [0.25, 0.3) is 0 Å². The first kappa shape index (κ1) is 21.3.